The van der Waals surface area contributed by atoms with Gasteiger partial charge in [-0.2, -0.15) is 0 Å². The Balaban J connectivity index is 2.20. The van der Waals surface area contributed by atoms with E-state index in [9.17, 15) is 4.79 Å². The average Bonchev–Trinajstić information content (AvgIpc) is 2.55. The van der Waals surface area contributed by atoms with Crippen molar-refractivity contribution in [3.8, 4) is 0 Å². The van der Waals surface area contributed by atoms with E-state index in [2.05, 4.69) is 41.1 Å². The first-order chi connectivity index (χ1) is 11.4. The summed E-state index contributed by atoms with van der Waals surface area (Å²) in [5.74, 6) is -0.362. The third-order valence-electron chi connectivity index (χ3n) is 3.33. The third-order valence-corrected chi connectivity index (χ3v) is 3.71. The first-order valence-electron chi connectivity index (χ1n) is 7.27. The fourth-order valence-corrected chi connectivity index (χ4v) is 2.29. The van der Waals surface area contributed by atoms with Gasteiger partial charge in [-0.15, -0.1) is 0 Å². The molecule has 0 aromatic carbocycles. The number of aromatic nitrogens is 3. The summed E-state index contributed by atoms with van der Waals surface area (Å²) < 4.78 is 0.441. The van der Waals surface area contributed by atoms with E-state index in [4.69, 9.17) is 5.73 Å². The minimum Gasteiger partial charge on any atom is -0.382 e. The van der Waals surface area contributed by atoms with Gasteiger partial charge in [0, 0.05) is 26.3 Å². The molecule has 0 atom stereocenters. The van der Waals surface area contributed by atoms with E-state index in [1.807, 2.05) is 32.1 Å². The summed E-state index contributed by atoms with van der Waals surface area (Å²) in [5, 5.41) is 2.80. The number of amides is 1. The van der Waals surface area contributed by atoms with Crippen molar-refractivity contribution in [3.63, 3.8) is 0 Å². The van der Waals surface area contributed by atoms with Crippen molar-refractivity contribution in [2.75, 3.05) is 50.2 Å². The molecule has 0 saturated carbocycles. The minimum absolute atomic E-state index is 0.0649. The normalized spacial score (nSPS) is 10.7. The summed E-state index contributed by atoms with van der Waals surface area (Å²) in [7, 11) is 5.98. The fraction of sp³-hybridized carbons (Fsp3) is 0.333. The van der Waals surface area contributed by atoms with Gasteiger partial charge < -0.3 is 20.9 Å². The molecule has 0 bridgehead atoms. The van der Waals surface area contributed by atoms with Crippen LogP contribution >= 0.6 is 15.9 Å². The van der Waals surface area contributed by atoms with Crippen LogP contribution in [-0.2, 0) is 0 Å². The summed E-state index contributed by atoms with van der Waals surface area (Å²) in [6, 6.07) is 1.85. The van der Waals surface area contributed by atoms with Gasteiger partial charge >= 0.3 is 0 Å². The average molecular weight is 394 g/mol. The van der Waals surface area contributed by atoms with E-state index in [1.165, 1.54) is 6.20 Å². The quantitative estimate of drug-likeness (QED) is 0.765. The number of nitrogens with two attached hydrogens (primary N) is 1. The molecule has 9 heteroatoms. The van der Waals surface area contributed by atoms with Crippen LogP contribution < -0.4 is 16.0 Å². The number of anilines is 3. The van der Waals surface area contributed by atoms with Gasteiger partial charge in [-0.1, -0.05) is 0 Å². The number of carbonyl (C=O) groups excluding carboxylic acids is 1. The van der Waals surface area contributed by atoms with Crippen molar-refractivity contribution in [2.24, 2.45) is 0 Å². The zero-order chi connectivity index (χ0) is 17.7. The SMILES string of the molecule is CN(C)CCN(C)c1ccncc1NC(=O)c1nc(Br)cnc1N. The number of likely N-dealkylation sites (N-methyl/N-ethyl adjacent to an activating group) is 2. The van der Waals surface area contributed by atoms with E-state index in [0.717, 1.165) is 18.8 Å². The summed E-state index contributed by atoms with van der Waals surface area (Å²) in [5.41, 5.74) is 7.25. The molecule has 0 fully saturated rings. The highest BCUT2D eigenvalue weighted by molar-refractivity contribution is 9.10. The predicted octanol–water partition coefficient (Wildman–Crippen LogP) is 1.47. The van der Waals surface area contributed by atoms with Gasteiger partial charge in [-0.3, -0.25) is 9.78 Å². The first-order valence-corrected chi connectivity index (χ1v) is 8.07. The Morgan fingerprint density at radius 3 is 2.75 bits per heavy atom. The lowest BCUT2D eigenvalue weighted by atomic mass is 10.3. The van der Waals surface area contributed by atoms with Gasteiger partial charge in [-0.05, 0) is 36.1 Å². The molecule has 2 aromatic rings. The molecule has 2 heterocycles. The highest BCUT2D eigenvalue weighted by atomic mass is 79.9. The number of rotatable bonds is 6. The molecule has 8 nitrogen and oxygen atoms in total. The summed E-state index contributed by atoms with van der Waals surface area (Å²) in [6.45, 7) is 1.69. The van der Waals surface area contributed by atoms with Crippen LogP contribution in [0.4, 0.5) is 17.2 Å². The van der Waals surface area contributed by atoms with Crippen molar-refractivity contribution in [1.82, 2.24) is 19.9 Å². The van der Waals surface area contributed by atoms with Crippen LogP contribution in [0, 0.1) is 0 Å². The van der Waals surface area contributed by atoms with Crippen LogP contribution in [0.3, 0.4) is 0 Å². The Bertz CT molecular complexity index is 723. The lowest BCUT2D eigenvalue weighted by Crippen LogP contribution is -2.29. The topological polar surface area (TPSA) is 100 Å². The Labute approximate surface area is 149 Å². The summed E-state index contributed by atoms with van der Waals surface area (Å²) >= 11 is 3.19. The largest absolute Gasteiger partial charge is 0.382 e. The maximum Gasteiger partial charge on any atom is 0.278 e. The molecule has 1 amide bonds. The number of pyridine rings is 1. The molecule has 3 N–H and O–H groups in total. The number of hydrogen-bond donors (Lipinski definition) is 2. The molecular weight excluding hydrogens is 374 g/mol. The zero-order valence-electron chi connectivity index (χ0n) is 13.8. The highest BCUT2D eigenvalue weighted by Crippen LogP contribution is 2.24. The van der Waals surface area contributed by atoms with Crippen molar-refractivity contribution < 1.29 is 4.79 Å². The Morgan fingerprint density at radius 2 is 2.04 bits per heavy atom. The van der Waals surface area contributed by atoms with Crippen LogP contribution in [0.5, 0.6) is 0 Å². The highest BCUT2D eigenvalue weighted by Gasteiger charge is 2.16. The van der Waals surface area contributed by atoms with Gasteiger partial charge in [0.05, 0.1) is 23.8 Å². The maximum atomic E-state index is 12.5. The van der Waals surface area contributed by atoms with E-state index in [1.54, 1.807) is 12.4 Å². The smallest absolute Gasteiger partial charge is 0.278 e. The van der Waals surface area contributed by atoms with E-state index in [-0.39, 0.29) is 11.5 Å². The first kappa shape index (κ1) is 18.1. The van der Waals surface area contributed by atoms with Gasteiger partial charge in [0.2, 0.25) is 0 Å². The van der Waals surface area contributed by atoms with Crippen molar-refractivity contribution in [3.05, 3.63) is 35.0 Å². The molecule has 0 spiro atoms. The van der Waals surface area contributed by atoms with Crippen molar-refractivity contribution >= 4 is 39.0 Å². The minimum atomic E-state index is -0.434. The molecule has 0 radical (unpaired) electrons. The van der Waals surface area contributed by atoms with Crippen LogP contribution in [0.2, 0.25) is 0 Å². The van der Waals surface area contributed by atoms with Crippen LogP contribution in [0.1, 0.15) is 10.5 Å². The van der Waals surface area contributed by atoms with Crippen LogP contribution in [-0.4, -0.2) is 60.0 Å². The Kier molecular flexibility index (Phi) is 6.04. The van der Waals surface area contributed by atoms with Gasteiger partial charge in [0.25, 0.3) is 5.91 Å². The Hall–Kier alpha value is -2.26. The number of hydrogen-bond acceptors (Lipinski definition) is 7. The molecule has 0 aliphatic rings. The second kappa shape index (κ2) is 8.02. The third kappa shape index (κ3) is 4.62. The monoisotopic (exact) mass is 393 g/mol. The van der Waals surface area contributed by atoms with Crippen molar-refractivity contribution in [2.45, 2.75) is 0 Å². The molecule has 0 aliphatic carbocycles. The fourth-order valence-electron chi connectivity index (χ4n) is 2.01. The molecule has 0 unspecified atom stereocenters. The molecule has 2 rings (SSSR count). The van der Waals surface area contributed by atoms with E-state index < -0.39 is 5.91 Å². The summed E-state index contributed by atoms with van der Waals surface area (Å²) in [4.78, 5) is 28.7. The van der Waals surface area contributed by atoms with Gasteiger partial charge in [-0.25, -0.2) is 9.97 Å². The molecule has 0 saturated heterocycles. The summed E-state index contributed by atoms with van der Waals surface area (Å²) in [6.07, 6.45) is 4.72. The van der Waals surface area contributed by atoms with E-state index >= 15 is 0 Å². The van der Waals surface area contributed by atoms with Crippen molar-refractivity contribution in [1.29, 1.82) is 0 Å². The molecule has 2 aromatic heterocycles. The van der Waals surface area contributed by atoms with Gasteiger partial charge in [0.1, 0.15) is 4.60 Å². The molecule has 128 valence electrons. The number of nitrogens with one attached hydrogen (secondary N) is 1. The molecule has 0 aliphatic heterocycles. The molecule has 24 heavy (non-hydrogen) atoms. The van der Waals surface area contributed by atoms with E-state index in [0.29, 0.717) is 10.3 Å². The van der Waals surface area contributed by atoms with Gasteiger partial charge in [0.15, 0.2) is 11.5 Å². The second-order valence-corrected chi connectivity index (χ2v) is 6.31. The molecular formula is C15H20BrN7O. The van der Waals surface area contributed by atoms with Crippen LogP contribution in [0.25, 0.3) is 0 Å². The number of nitrogen functional groups attached to an aromatic ring is 1. The lowest BCUT2D eigenvalue weighted by molar-refractivity contribution is 0.102. The predicted molar refractivity (Wildman–Crippen MR) is 98.2 cm³/mol. The number of nitrogens with zero attached hydrogens (tertiary/aromatic N) is 5. The lowest BCUT2D eigenvalue weighted by Gasteiger charge is -2.23. The zero-order valence-corrected chi connectivity index (χ0v) is 15.4. The standard InChI is InChI=1S/C15H20BrN7O/c1-22(2)6-7-23(3)11-4-5-18-8-10(11)20-15(24)13-14(17)19-9-12(16)21-13/h4-5,8-9H,6-7H2,1-3H3,(H2,17,19)(H,20,24). The van der Waals surface area contributed by atoms with Crippen LogP contribution in [0.15, 0.2) is 29.3 Å². The maximum absolute atomic E-state index is 12.5. The Morgan fingerprint density at radius 1 is 1.29 bits per heavy atom. The second-order valence-electron chi connectivity index (χ2n) is 5.50. The number of carbonyl (C=O) groups is 1. The number of halogens is 1.